The van der Waals surface area contributed by atoms with E-state index in [1.54, 1.807) is 6.07 Å². The van der Waals surface area contributed by atoms with Crippen molar-refractivity contribution in [1.29, 1.82) is 0 Å². The van der Waals surface area contributed by atoms with Crippen LogP contribution in [0.25, 0.3) is 0 Å². The lowest BCUT2D eigenvalue weighted by molar-refractivity contribution is 1.13. The van der Waals surface area contributed by atoms with Crippen LogP contribution < -0.4 is 5.32 Å². The average molecular weight is 284 g/mol. The minimum absolute atomic E-state index is 0.574. The molecule has 0 aromatic heterocycles. The smallest absolute Gasteiger partial charge is 0.0595 e. The van der Waals surface area contributed by atoms with Crippen molar-refractivity contribution in [3.63, 3.8) is 0 Å². The highest BCUT2D eigenvalue weighted by molar-refractivity contribution is 7.80. The van der Waals surface area contributed by atoms with E-state index in [1.807, 2.05) is 36.4 Å². The fraction of sp³-hybridized carbons (Fsp3) is 0.0769. The van der Waals surface area contributed by atoms with E-state index in [0.717, 1.165) is 16.1 Å². The molecule has 0 heterocycles. The topological polar surface area (TPSA) is 12.0 Å². The Morgan fingerprint density at radius 1 is 1.00 bits per heavy atom. The number of anilines is 1. The minimum atomic E-state index is 0.574. The molecule has 2 aromatic carbocycles. The zero-order valence-electron chi connectivity index (χ0n) is 8.95. The Kier molecular flexibility index (Phi) is 4.21. The lowest BCUT2D eigenvalue weighted by Gasteiger charge is -2.09. The Bertz CT molecular complexity index is 529. The molecule has 4 heteroatoms. The van der Waals surface area contributed by atoms with Crippen molar-refractivity contribution in [3.8, 4) is 0 Å². The summed E-state index contributed by atoms with van der Waals surface area (Å²) in [4.78, 5) is 0.924. The summed E-state index contributed by atoms with van der Waals surface area (Å²) in [6.07, 6.45) is 0. The van der Waals surface area contributed by atoms with Gasteiger partial charge in [0.2, 0.25) is 0 Å². The Balaban J connectivity index is 2.08. The lowest BCUT2D eigenvalue weighted by atomic mass is 10.2. The molecule has 0 atom stereocenters. The lowest BCUT2D eigenvalue weighted by Crippen LogP contribution is -1.99. The van der Waals surface area contributed by atoms with Crippen molar-refractivity contribution in [3.05, 3.63) is 58.1 Å². The van der Waals surface area contributed by atoms with Crippen molar-refractivity contribution < 1.29 is 0 Å². The first-order valence-electron chi connectivity index (χ1n) is 5.12. The molecule has 1 N–H and O–H groups in total. The highest BCUT2D eigenvalue weighted by Crippen LogP contribution is 2.24. The third-order valence-electron chi connectivity index (χ3n) is 2.37. The van der Waals surface area contributed by atoms with Crippen LogP contribution in [-0.2, 0) is 6.54 Å². The van der Waals surface area contributed by atoms with E-state index >= 15 is 0 Å². The van der Waals surface area contributed by atoms with Gasteiger partial charge in [-0.25, -0.2) is 0 Å². The zero-order chi connectivity index (χ0) is 12.3. The van der Waals surface area contributed by atoms with Crippen molar-refractivity contribution in [2.24, 2.45) is 0 Å². The van der Waals surface area contributed by atoms with E-state index in [4.69, 9.17) is 23.2 Å². The van der Waals surface area contributed by atoms with Gasteiger partial charge >= 0.3 is 0 Å². The number of para-hydroxylation sites is 1. The molecule has 2 rings (SSSR count). The third-order valence-corrected chi connectivity index (χ3v) is 3.50. The number of halogens is 2. The van der Waals surface area contributed by atoms with E-state index < -0.39 is 0 Å². The van der Waals surface area contributed by atoms with Gasteiger partial charge in [0.25, 0.3) is 0 Å². The van der Waals surface area contributed by atoms with Crippen LogP contribution in [0.4, 0.5) is 5.69 Å². The standard InChI is InChI=1S/C13H11Cl2NS/c14-10-6-5-9(7-11(10)15)8-16-12-3-1-2-4-13(12)17/h1-7,16-17H,8H2. The molecule has 0 radical (unpaired) electrons. The first-order valence-corrected chi connectivity index (χ1v) is 6.33. The van der Waals surface area contributed by atoms with E-state index in [-0.39, 0.29) is 0 Å². The van der Waals surface area contributed by atoms with Gasteiger partial charge in [0, 0.05) is 17.1 Å². The van der Waals surface area contributed by atoms with Crippen LogP contribution in [0.1, 0.15) is 5.56 Å². The van der Waals surface area contributed by atoms with Crippen LogP contribution in [0, 0.1) is 0 Å². The highest BCUT2D eigenvalue weighted by Gasteiger charge is 2.01. The molecule has 0 aliphatic heterocycles. The molecule has 1 nitrogen and oxygen atoms in total. The molecule has 0 aliphatic rings. The molecule has 0 bridgehead atoms. The molecule has 0 unspecified atom stereocenters. The number of thiol groups is 1. The van der Waals surface area contributed by atoms with Crippen LogP contribution in [-0.4, -0.2) is 0 Å². The zero-order valence-corrected chi connectivity index (χ0v) is 11.4. The minimum Gasteiger partial charge on any atom is -0.380 e. The monoisotopic (exact) mass is 283 g/mol. The molecule has 88 valence electrons. The second kappa shape index (κ2) is 5.67. The maximum Gasteiger partial charge on any atom is 0.0595 e. The van der Waals surface area contributed by atoms with Crippen LogP contribution in [0.3, 0.4) is 0 Å². The molecular weight excluding hydrogens is 273 g/mol. The molecule has 0 amide bonds. The summed E-state index contributed by atoms with van der Waals surface area (Å²) in [6, 6.07) is 13.5. The summed E-state index contributed by atoms with van der Waals surface area (Å²) < 4.78 is 0. The normalized spacial score (nSPS) is 10.3. The van der Waals surface area contributed by atoms with Crippen molar-refractivity contribution in [2.45, 2.75) is 11.4 Å². The SMILES string of the molecule is Sc1ccccc1NCc1ccc(Cl)c(Cl)c1. The summed E-state index contributed by atoms with van der Waals surface area (Å²) in [7, 11) is 0. The van der Waals surface area contributed by atoms with E-state index in [0.29, 0.717) is 16.6 Å². The van der Waals surface area contributed by atoms with Gasteiger partial charge in [-0.15, -0.1) is 12.6 Å². The second-order valence-electron chi connectivity index (χ2n) is 3.62. The predicted molar refractivity (Wildman–Crippen MR) is 77.5 cm³/mol. The van der Waals surface area contributed by atoms with Crippen molar-refractivity contribution in [1.82, 2.24) is 0 Å². The summed E-state index contributed by atoms with van der Waals surface area (Å²) >= 11 is 16.2. The largest absolute Gasteiger partial charge is 0.380 e. The molecule has 0 spiro atoms. The van der Waals surface area contributed by atoms with Crippen LogP contribution in [0.15, 0.2) is 47.4 Å². The molecular formula is C13H11Cl2NS. The van der Waals surface area contributed by atoms with Crippen LogP contribution in [0.5, 0.6) is 0 Å². The Hall–Kier alpha value is -0.830. The quantitative estimate of drug-likeness (QED) is 0.764. The number of nitrogens with one attached hydrogen (secondary N) is 1. The number of hydrogen-bond acceptors (Lipinski definition) is 2. The Labute approximate surface area is 116 Å². The van der Waals surface area contributed by atoms with Gasteiger partial charge in [-0.3, -0.25) is 0 Å². The highest BCUT2D eigenvalue weighted by atomic mass is 35.5. The number of hydrogen-bond donors (Lipinski definition) is 2. The third kappa shape index (κ3) is 3.32. The summed E-state index contributed by atoms with van der Waals surface area (Å²) in [6.45, 7) is 0.689. The summed E-state index contributed by atoms with van der Waals surface area (Å²) in [5, 5.41) is 4.45. The van der Waals surface area contributed by atoms with Crippen LogP contribution >= 0.6 is 35.8 Å². The first kappa shape index (κ1) is 12.6. The first-order chi connectivity index (χ1) is 8.16. The van der Waals surface area contributed by atoms with Gasteiger partial charge < -0.3 is 5.32 Å². The van der Waals surface area contributed by atoms with Crippen LogP contribution in [0.2, 0.25) is 10.0 Å². The van der Waals surface area contributed by atoms with Gasteiger partial charge in [-0.1, -0.05) is 41.4 Å². The second-order valence-corrected chi connectivity index (χ2v) is 4.92. The van der Waals surface area contributed by atoms with Gasteiger partial charge in [0.05, 0.1) is 10.0 Å². The fourth-order valence-corrected chi connectivity index (χ4v) is 2.03. The van der Waals surface area contributed by atoms with Gasteiger partial charge in [-0.05, 0) is 29.8 Å². The molecule has 0 aliphatic carbocycles. The molecule has 0 saturated carbocycles. The molecule has 2 aromatic rings. The fourth-order valence-electron chi connectivity index (χ4n) is 1.47. The molecule has 17 heavy (non-hydrogen) atoms. The van der Waals surface area contributed by atoms with Crippen molar-refractivity contribution in [2.75, 3.05) is 5.32 Å². The Morgan fingerprint density at radius 2 is 1.76 bits per heavy atom. The van der Waals surface area contributed by atoms with E-state index in [9.17, 15) is 0 Å². The number of benzene rings is 2. The van der Waals surface area contributed by atoms with E-state index in [1.165, 1.54) is 0 Å². The number of rotatable bonds is 3. The predicted octanol–water partition coefficient (Wildman–Crippen LogP) is 4.89. The van der Waals surface area contributed by atoms with Gasteiger partial charge in [0.1, 0.15) is 0 Å². The summed E-state index contributed by atoms with van der Waals surface area (Å²) in [5.74, 6) is 0. The molecule has 0 fully saturated rings. The maximum atomic E-state index is 5.95. The Morgan fingerprint density at radius 3 is 2.47 bits per heavy atom. The van der Waals surface area contributed by atoms with Gasteiger partial charge in [0.15, 0.2) is 0 Å². The maximum absolute atomic E-state index is 5.95. The van der Waals surface area contributed by atoms with Crippen molar-refractivity contribution >= 4 is 41.5 Å². The molecule has 0 saturated heterocycles. The average Bonchev–Trinajstić information content (AvgIpc) is 2.32. The van der Waals surface area contributed by atoms with Gasteiger partial charge in [-0.2, -0.15) is 0 Å². The van der Waals surface area contributed by atoms with E-state index in [2.05, 4.69) is 17.9 Å². The summed E-state index contributed by atoms with van der Waals surface area (Å²) in [5.41, 5.74) is 2.08.